The highest BCUT2D eigenvalue weighted by Crippen LogP contribution is 2.25. The van der Waals surface area contributed by atoms with Crippen molar-refractivity contribution in [3.8, 4) is 6.07 Å². The standard InChI is InChI=1S/C11H9Cl2NO2/c1-2-16-11(15)7-3-4-10(13)8(5-12)9(7)6-14/h3-4H,2,5H2,1H3. The number of nitriles is 1. The number of ether oxygens (including phenoxy) is 1. The average molecular weight is 258 g/mol. The molecule has 0 fully saturated rings. The van der Waals surface area contributed by atoms with Crippen molar-refractivity contribution in [2.75, 3.05) is 6.61 Å². The van der Waals surface area contributed by atoms with Gasteiger partial charge in [0, 0.05) is 10.6 Å². The van der Waals surface area contributed by atoms with Crippen LogP contribution in [0.4, 0.5) is 0 Å². The molecule has 1 aromatic carbocycles. The van der Waals surface area contributed by atoms with E-state index in [2.05, 4.69) is 0 Å². The maximum absolute atomic E-state index is 11.5. The van der Waals surface area contributed by atoms with Gasteiger partial charge in [-0.15, -0.1) is 11.6 Å². The minimum Gasteiger partial charge on any atom is -0.462 e. The molecule has 5 heteroatoms. The molecule has 0 spiro atoms. The van der Waals surface area contributed by atoms with Gasteiger partial charge in [-0.2, -0.15) is 5.26 Å². The van der Waals surface area contributed by atoms with Crippen LogP contribution < -0.4 is 0 Å². The zero-order chi connectivity index (χ0) is 12.1. The van der Waals surface area contributed by atoms with Crippen molar-refractivity contribution in [2.45, 2.75) is 12.8 Å². The molecule has 0 heterocycles. The Balaban J connectivity index is 3.31. The van der Waals surface area contributed by atoms with Crippen LogP contribution in [0.25, 0.3) is 0 Å². The smallest absolute Gasteiger partial charge is 0.339 e. The number of carbonyl (C=O) groups is 1. The highest BCUT2D eigenvalue weighted by atomic mass is 35.5. The van der Waals surface area contributed by atoms with E-state index in [1.165, 1.54) is 12.1 Å². The summed E-state index contributed by atoms with van der Waals surface area (Å²) in [7, 11) is 0. The summed E-state index contributed by atoms with van der Waals surface area (Å²) >= 11 is 11.6. The zero-order valence-corrected chi connectivity index (χ0v) is 10.1. The van der Waals surface area contributed by atoms with Gasteiger partial charge in [-0.3, -0.25) is 0 Å². The van der Waals surface area contributed by atoms with E-state index in [1.807, 2.05) is 6.07 Å². The average Bonchev–Trinajstić information content (AvgIpc) is 2.28. The zero-order valence-electron chi connectivity index (χ0n) is 8.59. The van der Waals surface area contributed by atoms with Crippen LogP contribution in [0, 0.1) is 11.3 Å². The fraction of sp³-hybridized carbons (Fsp3) is 0.273. The molecule has 0 bridgehead atoms. The lowest BCUT2D eigenvalue weighted by Gasteiger charge is -2.08. The number of esters is 1. The highest BCUT2D eigenvalue weighted by molar-refractivity contribution is 6.32. The first kappa shape index (κ1) is 12.8. The predicted molar refractivity (Wildman–Crippen MR) is 61.7 cm³/mol. The van der Waals surface area contributed by atoms with Crippen molar-refractivity contribution in [3.05, 3.63) is 33.8 Å². The maximum Gasteiger partial charge on any atom is 0.339 e. The van der Waals surface area contributed by atoms with Crippen molar-refractivity contribution >= 4 is 29.2 Å². The second-order valence-corrected chi connectivity index (χ2v) is 3.59. The molecule has 0 unspecified atom stereocenters. The van der Waals surface area contributed by atoms with Crippen LogP contribution in [0.5, 0.6) is 0 Å². The Labute approximate surface area is 104 Å². The van der Waals surface area contributed by atoms with Gasteiger partial charge in [0.25, 0.3) is 0 Å². The van der Waals surface area contributed by atoms with E-state index in [0.29, 0.717) is 10.6 Å². The Bertz CT molecular complexity index is 452. The van der Waals surface area contributed by atoms with Crippen molar-refractivity contribution in [1.29, 1.82) is 5.26 Å². The topological polar surface area (TPSA) is 50.1 Å². The van der Waals surface area contributed by atoms with E-state index in [-0.39, 0.29) is 23.6 Å². The molecule has 0 aliphatic rings. The molecule has 0 aromatic heterocycles. The number of nitrogens with zero attached hydrogens (tertiary/aromatic N) is 1. The number of hydrogen-bond donors (Lipinski definition) is 0. The minimum atomic E-state index is -0.540. The third kappa shape index (κ3) is 2.46. The first-order valence-electron chi connectivity index (χ1n) is 4.60. The maximum atomic E-state index is 11.5. The molecule has 0 amide bonds. The summed E-state index contributed by atoms with van der Waals surface area (Å²) in [6.07, 6.45) is 0. The summed E-state index contributed by atoms with van der Waals surface area (Å²) in [5.74, 6) is -0.461. The van der Waals surface area contributed by atoms with E-state index in [9.17, 15) is 4.79 Å². The second kappa shape index (κ2) is 5.74. The van der Waals surface area contributed by atoms with Gasteiger partial charge in [-0.05, 0) is 19.1 Å². The Morgan fingerprint density at radius 2 is 2.25 bits per heavy atom. The lowest BCUT2D eigenvalue weighted by molar-refractivity contribution is 0.0526. The molecule has 3 nitrogen and oxygen atoms in total. The quantitative estimate of drug-likeness (QED) is 0.618. The molecule has 0 saturated heterocycles. The van der Waals surface area contributed by atoms with Gasteiger partial charge in [0.2, 0.25) is 0 Å². The van der Waals surface area contributed by atoms with Gasteiger partial charge >= 0.3 is 5.97 Å². The van der Waals surface area contributed by atoms with Crippen LogP contribution in [0.2, 0.25) is 5.02 Å². The predicted octanol–water partition coefficient (Wildman–Crippen LogP) is 3.13. The molecular weight excluding hydrogens is 249 g/mol. The Morgan fingerprint density at radius 3 is 2.75 bits per heavy atom. The normalized spacial score (nSPS) is 9.62. The van der Waals surface area contributed by atoms with Crippen LogP contribution in [0.3, 0.4) is 0 Å². The molecule has 0 aliphatic heterocycles. The van der Waals surface area contributed by atoms with Crippen LogP contribution >= 0.6 is 23.2 Å². The van der Waals surface area contributed by atoms with Crippen molar-refractivity contribution in [2.24, 2.45) is 0 Å². The van der Waals surface area contributed by atoms with Gasteiger partial charge < -0.3 is 4.74 Å². The van der Waals surface area contributed by atoms with Crippen LogP contribution in [-0.2, 0) is 10.6 Å². The molecule has 84 valence electrons. The van der Waals surface area contributed by atoms with E-state index in [0.717, 1.165) is 0 Å². The molecule has 0 N–H and O–H groups in total. The molecule has 0 radical (unpaired) electrons. The summed E-state index contributed by atoms with van der Waals surface area (Å²) in [4.78, 5) is 11.5. The van der Waals surface area contributed by atoms with Crippen LogP contribution in [-0.4, -0.2) is 12.6 Å². The van der Waals surface area contributed by atoms with E-state index in [1.54, 1.807) is 6.92 Å². The van der Waals surface area contributed by atoms with Crippen LogP contribution in [0.1, 0.15) is 28.4 Å². The fourth-order valence-corrected chi connectivity index (χ4v) is 1.83. The van der Waals surface area contributed by atoms with Crippen molar-refractivity contribution in [1.82, 2.24) is 0 Å². The highest BCUT2D eigenvalue weighted by Gasteiger charge is 2.17. The van der Waals surface area contributed by atoms with Gasteiger partial charge in [0.15, 0.2) is 0 Å². The third-order valence-corrected chi connectivity index (χ3v) is 2.62. The summed E-state index contributed by atoms with van der Waals surface area (Å²) in [6, 6.07) is 4.93. The number of rotatable bonds is 3. The lowest BCUT2D eigenvalue weighted by atomic mass is 10.0. The Hall–Kier alpha value is -1.24. The number of benzene rings is 1. The van der Waals surface area contributed by atoms with Crippen molar-refractivity contribution < 1.29 is 9.53 Å². The van der Waals surface area contributed by atoms with Gasteiger partial charge in [0.05, 0.1) is 23.6 Å². The molecule has 0 aliphatic carbocycles. The fourth-order valence-electron chi connectivity index (χ4n) is 1.26. The molecule has 0 atom stereocenters. The number of halogens is 2. The third-order valence-electron chi connectivity index (χ3n) is 2.00. The summed E-state index contributed by atoms with van der Waals surface area (Å²) in [5.41, 5.74) is 0.835. The van der Waals surface area contributed by atoms with E-state index < -0.39 is 5.97 Å². The number of alkyl halides is 1. The number of hydrogen-bond acceptors (Lipinski definition) is 3. The summed E-state index contributed by atoms with van der Waals surface area (Å²) < 4.78 is 4.83. The Kier molecular flexibility index (Phi) is 4.60. The van der Waals surface area contributed by atoms with Gasteiger partial charge in [-0.1, -0.05) is 11.6 Å². The Morgan fingerprint density at radius 1 is 1.56 bits per heavy atom. The SMILES string of the molecule is CCOC(=O)c1ccc(Cl)c(CCl)c1C#N. The number of carbonyl (C=O) groups excluding carboxylic acids is 1. The first-order valence-corrected chi connectivity index (χ1v) is 5.51. The van der Waals surface area contributed by atoms with Crippen LogP contribution in [0.15, 0.2) is 12.1 Å². The second-order valence-electron chi connectivity index (χ2n) is 2.91. The molecular formula is C11H9Cl2NO2. The summed E-state index contributed by atoms with van der Waals surface area (Å²) in [5, 5.41) is 9.37. The van der Waals surface area contributed by atoms with Gasteiger partial charge in [0.1, 0.15) is 6.07 Å². The largest absolute Gasteiger partial charge is 0.462 e. The molecule has 1 aromatic rings. The summed E-state index contributed by atoms with van der Waals surface area (Å²) in [6.45, 7) is 1.95. The molecule has 16 heavy (non-hydrogen) atoms. The van der Waals surface area contributed by atoms with E-state index >= 15 is 0 Å². The van der Waals surface area contributed by atoms with Gasteiger partial charge in [-0.25, -0.2) is 4.79 Å². The first-order chi connectivity index (χ1) is 7.65. The monoisotopic (exact) mass is 257 g/mol. The van der Waals surface area contributed by atoms with E-state index in [4.69, 9.17) is 33.2 Å². The minimum absolute atomic E-state index is 0.0783. The molecule has 0 saturated carbocycles. The lowest BCUT2D eigenvalue weighted by Crippen LogP contribution is -2.08. The molecule has 1 rings (SSSR count). The van der Waals surface area contributed by atoms with Crippen molar-refractivity contribution in [3.63, 3.8) is 0 Å².